The highest BCUT2D eigenvalue weighted by atomic mass is 32.1. The van der Waals surface area contributed by atoms with Crippen molar-refractivity contribution in [2.45, 2.75) is 37.6 Å². The van der Waals surface area contributed by atoms with Crippen LogP contribution in [0.1, 0.15) is 41.8 Å². The molecule has 1 spiro atoms. The predicted molar refractivity (Wildman–Crippen MR) is 108 cm³/mol. The van der Waals surface area contributed by atoms with Gasteiger partial charge in [-0.2, -0.15) is 0 Å². The summed E-state index contributed by atoms with van der Waals surface area (Å²) in [5.74, 6) is -0.631. The Morgan fingerprint density at radius 1 is 1.14 bits per heavy atom. The van der Waals surface area contributed by atoms with Crippen LogP contribution in [-0.2, 0) is 4.79 Å². The molecule has 152 valence electrons. The number of hydrogen-bond acceptors (Lipinski definition) is 4. The zero-order valence-electron chi connectivity index (χ0n) is 15.9. The number of carbonyl (C=O) groups excluding carboxylic acids is 3. The van der Waals surface area contributed by atoms with E-state index in [9.17, 15) is 18.8 Å². The first-order chi connectivity index (χ1) is 14.0. The van der Waals surface area contributed by atoms with E-state index in [0.29, 0.717) is 30.7 Å². The predicted octanol–water partition coefficient (Wildman–Crippen LogP) is 3.54. The molecule has 0 unspecified atom stereocenters. The summed E-state index contributed by atoms with van der Waals surface area (Å²) in [6.07, 6.45) is 3.82. The third-order valence-corrected chi connectivity index (χ3v) is 6.64. The van der Waals surface area contributed by atoms with E-state index in [0.717, 1.165) is 23.3 Å². The summed E-state index contributed by atoms with van der Waals surface area (Å²) in [6, 6.07) is 9.38. The van der Waals surface area contributed by atoms with Gasteiger partial charge in [0.2, 0.25) is 0 Å². The van der Waals surface area contributed by atoms with E-state index in [1.54, 1.807) is 18.2 Å². The fourth-order valence-electron chi connectivity index (χ4n) is 3.95. The molecule has 2 fully saturated rings. The number of benzene rings is 1. The summed E-state index contributed by atoms with van der Waals surface area (Å²) in [4.78, 5) is 39.8. The lowest BCUT2D eigenvalue weighted by atomic mass is 9.98. The minimum atomic E-state index is -0.686. The Labute approximate surface area is 172 Å². The monoisotopic (exact) mass is 415 g/mol. The van der Waals surface area contributed by atoms with Crippen LogP contribution >= 0.6 is 11.3 Å². The number of rotatable bonds is 6. The van der Waals surface area contributed by atoms with E-state index < -0.39 is 5.54 Å². The molecule has 1 saturated heterocycles. The van der Waals surface area contributed by atoms with Gasteiger partial charge >= 0.3 is 6.03 Å². The zero-order valence-corrected chi connectivity index (χ0v) is 16.7. The Balaban J connectivity index is 1.27. The number of hydrogen-bond donors (Lipinski definition) is 2. The van der Waals surface area contributed by atoms with Crippen molar-refractivity contribution in [3.8, 4) is 10.4 Å². The fraction of sp³-hybridized carbons (Fsp3) is 0.381. The molecule has 1 aromatic carbocycles. The Kier molecular flexibility index (Phi) is 5.36. The Hall–Kier alpha value is -2.74. The molecule has 0 radical (unpaired) electrons. The third-order valence-electron chi connectivity index (χ3n) is 5.51. The van der Waals surface area contributed by atoms with Crippen molar-refractivity contribution < 1.29 is 18.8 Å². The molecular formula is C21H22FN3O3S. The molecule has 6 nitrogen and oxygen atoms in total. The molecule has 4 amide bonds. The van der Waals surface area contributed by atoms with Crippen LogP contribution in [0.15, 0.2) is 36.4 Å². The second kappa shape index (κ2) is 7.94. The molecule has 2 N–H and O–H groups in total. The Morgan fingerprint density at radius 2 is 1.86 bits per heavy atom. The normalized spacial score (nSPS) is 17.8. The van der Waals surface area contributed by atoms with Gasteiger partial charge in [0.1, 0.15) is 11.4 Å². The van der Waals surface area contributed by atoms with E-state index in [4.69, 9.17) is 0 Å². The molecule has 1 aliphatic carbocycles. The second-order valence-electron chi connectivity index (χ2n) is 7.46. The first kappa shape index (κ1) is 19.6. The summed E-state index contributed by atoms with van der Waals surface area (Å²) >= 11 is 1.33. The SMILES string of the molecule is O=C(NCCCN1C(=O)NC2(CCCC2)C1=O)c1ccc(-c2ccc(F)cc2)s1. The Bertz CT molecular complexity index is 935. The molecule has 29 heavy (non-hydrogen) atoms. The van der Waals surface area contributed by atoms with Crippen molar-refractivity contribution >= 4 is 29.2 Å². The number of halogens is 1. The molecule has 1 saturated carbocycles. The van der Waals surface area contributed by atoms with Crippen molar-refractivity contribution in [2.75, 3.05) is 13.1 Å². The van der Waals surface area contributed by atoms with Gasteiger partial charge in [-0.05, 0) is 49.1 Å². The van der Waals surface area contributed by atoms with Gasteiger partial charge in [0.15, 0.2) is 0 Å². The second-order valence-corrected chi connectivity index (χ2v) is 8.54. The van der Waals surface area contributed by atoms with Gasteiger partial charge in [0.05, 0.1) is 4.88 Å². The Morgan fingerprint density at radius 3 is 2.59 bits per heavy atom. The standard InChI is InChI=1S/C21H22FN3O3S/c22-15-6-4-14(5-7-15)16-8-9-17(29-16)18(26)23-12-3-13-25-19(27)21(24-20(25)28)10-1-2-11-21/h4-9H,1-3,10-13H2,(H,23,26)(H,24,28). The molecule has 4 rings (SSSR count). The third kappa shape index (κ3) is 3.89. The lowest BCUT2D eigenvalue weighted by Gasteiger charge is -2.20. The van der Waals surface area contributed by atoms with E-state index in [1.165, 1.54) is 28.4 Å². The maximum Gasteiger partial charge on any atom is 0.325 e. The zero-order chi connectivity index (χ0) is 20.4. The van der Waals surface area contributed by atoms with Crippen molar-refractivity contribution in [3.63, 3.8) is 0 Å². The van der Waals surface area contributed by atoms with E-state index in [1.807, 2.05) is 6.07 Å². The number of thiophene rings is 1. The number of carbonyl (C=O) groups is 3. The summed E-state index contributed by atoms with van der Waals surface area (Å²) in [5.41, 5.74) is 0.170. The minimum Gasteiger partial charge on any atom is -0.351 e. The maximum atomic E-state index is 13.0. The lowest BCUT2D eigenvalue weighted by molar-refractivity contribution is -0.131. The average molecular weight is 415 g/mol. The summed E-state index contributed by atoms with van der Waals surface area (Å²) < 4.78 is 13.0. The number of nitrogens with one attached hydrogen (secondary N) is 2. The van der Waals surface area contributed by atoms with Crippen LogP contribution < -0.4 is 10.6 Å². The molecular weight excluding hydrogens is 393 g/mol. The first-order valence-corrected chi connectivity index (χ1v) is 10.6. The van der Waals surface area contributed by atoms with Gasteiger partial charge in [-0.15, -0.1) is 11.3 Å². The highest BCUT2D eigenvalue weighted by Gasteiger charge is 2.51. The van der Waals surface area contributed by atoms with Crippen LogP contribution in [0.3, 0.4) is 0 Å². The number of nitrogens with zero attached hydrogens (tertiary/aromatic N) is 1. The van der Waals surface area contributed by atoms with Crippen molar-refractivity contribution in [1.29, 1.82) is 0 Å². The topological polar surface area (TPSA) is 78.5 Å². The number of amides is 4. The quantitative estimate of drug-likeness (QED) is 0.560. The first-order valence-electron chi connectivity index (χ1n) is 9.77. The van der Waals surface area contributed by atoms with Crippen molar-refractivity contribution in [1.82, 2.24) is 15.5 Å². The van der Waals surface area contributed by atoms with Gasteiger partial charge in [-0.1, -0.05) is 25.0 Å². The van der Waals surface area contributed by atoms with Crippen LogP contribution in [0.4, 0.5) is 9.18 Å². The van der Waals surface area contributed by atoms with Gasteiger partial charge in [-0.3, -0.25) is 14.5 Å². The summed E-state index contributed by atoms with van der Waals surface area (Å²) in [5, 5.41) is 5.68. The highest BCUT2D eigenvalue weighted by molar-refractivity contribution is 7.17. The van der Waals surface area contributed by atoms with Gasteiger partial charge in [0, 0.05) is 18.0 Å². The summed E-state index contributed by atoms with van der Waals surface area (Å²) in [7, 11) is 0. The smallest absolute Gasteiger partial charge is 0.325 e. The van der Waals surface area contributed by atoms with Gasteiger partial charge in [-0.25, -0.2) is 9.18 Å². The highest BCUT2D eigenvalue weighted by Crippen LogP contribution is 2.35. The summed E-state index contributed by atoms with van der Waals surface area (Å²) in [6.45, 7) is 0.657. The largest absolute Gasteiger partial charge is 0.351 e. The molecule has 0 bridgehead atoms. The maximum absolute atomic E-state index is 13.0. The lowest BCUT2D eigenvalue weighted by Crippen LogP contribution is -2.44. The van der Waals surface area contributed by atoms with Crippen molar-refractivity contribution in [2.24, 2.45) is 0 Å². The molecule has 1 aromatic heterocycles. The average Bonchev–Trinajstić information content (AvgIpc) is 3.42. The number of imide groups is 1. The van der Waals surface area contributed by atoms with Crippen LogP contribution in [-0.4, -0.2) is 41.4 Å². The molecule has 2 heterocycles. The van der Waals surface area contributed by atoms with Crippen molar-refractivity contribution in [3.05, 3.63) is 47.1 Å². The van der Waals surface area contributed by atoms with Crippen LogP contribution in [0, 0.1) is 5.82 Å². The molecule has 0 atom stereocenters. The van der Waals surface area contributed by atoms with Gasteiger partial charge < -0.3 is 10.6 Å². The molecule has 1 aliphatic heterocycles. The van der Waals surface area contributed by atoms with E-state index >= 15 is 0 Å². The van der Waals surface area contributed by atoms with Gasteiger partial charge in [0.25, 0.3) is 11.8 Å². The van der Waals surface area contributed by atoms with E-state index in [2.05, 4.69) is 10.6 Å². The van der Waals surface area contributed by atoms with Crippen LogP contribution in [0.25, 0.3) is 10.4 Å². The van der Waals surface area contributed by atoms with E-state index in [-0.39, 0.29) is 30.2 Å². The molecule has 2 aliphatic rings. The van der Waals surface area contributed by atoms with Crippen LogP contribution in [0.5, 0.6) is 0 Å². The fourth-order valence-corrected chi connectivity index (χ4v) is 4.88. The number of urea groups is 1. The van der Waals surface area contributed by atoms with Crippen LogP contribution in [0.2, 0.25) is 0 Å². The minimum absolute atomic E-state index is 0.131. The molecule has 8 heteroatoms. The molecule has 2 aromatic rings.